The Balaban J connectivity index is 1.61. The summed E-state index contributed by atoms with van der Waals surface area (Å²) < 4.78 is 2.06. The van der Waals surface area contributed by atoms with Crippen molar-refractivity contribution >= 4 is 0 Å². The first-order valence-corrected chi connectivity index (χ1v) is 7.14. The van der Waals surface area contributed by atoms with Gasteiger partial charge in [-0.1, -0.05) is 30.3 Å². The number of hydrogen-bond acceptors (Lipinski definition) is 3. The van der Waals surface area contributed by atoms with E-state index in [4.69, 9.17) is 0 Å². The number of aromatic nitrogens is 2. The van der Waals surface area contributed by atoms with Crippen LogP contribution in [0.3, 0.4) is 0 Å². The molecular weight excluding hydrogens is 250 g/mol. The molecule has 1 atom stereocenters. The number of aliphatic hydroxyl groups is 1. The fraction of sp³-hybridized carbons (Fsp3) is 0.438. The highest BCUT2D eigenvalue weighted by Gasteiger charge is 2.37. The average Bonchev–Trinajstić information content (AvgIpc) is 3.05. The first kappa shape index (κ1) is 13.3. The van der Waals surface area contributed by atoms with E-state index < -0.39 is 5.60 Å². The molecule has 4 heteroatoms. The molecule has 0 radical (unpaired) electrons. The third-order valence-electron chi connectivity index (χ3n) is 4.21. The molecule has 1 unspecified atom stereocenters. The number of imidazole rings is 1. The van der Waals surface area contributed by atoms with E-state index >= 15 is 0 Å². The summed E-state index contributed by atoms with van der Waals surface area (Å²) >= 11 is 0. The van der Waals surface area contributed by atoms with E-state index in [9.17, 15) is 5.11 Å². The summed E-state index contributed by atoms with van der Waals surface area (Å²) in [7, 11) is 2.02. The highest BCUT2D eigenvalue weighted by atomic mass is 16.3. The third-order valence-corrected chi connectivity index (χ3v) is 4.21. The van der Waals surface area contributed by atoms with Crippen LogP contribution in [0.15, 0.2) is 42.7 Å². The van der Waals surface area contributed by atoms with Gasteiger partial charge < -0.3 is 9.67 Å². The van der Waals surface area contributed by atoms with Crippen molar-refractivity contribution in [2.75, 3.05) is 19.6 Å². The Labute approximate surface area is 119 Å². The van der Waals surface area contributed by atoms with Crippen molar-refractivity contribution in [2.24, 2.45) is 7.05 Å². The lowest BCUT2D eigenvalue weighted by Gasteiger charge is -2.24. The van der Waals surface area contributed by atoms with Gasteiger partial charge in [-0.05, 0) is 12.0 Å². The van der Waals surface area contributed by atoms with Gasteiger partial charge in [-0.15, -0.1) is 0 Å². The molecule has 1 saturated heterocycles. The zero-order valence-electron chi connectivity index (χ0n) is 11.9. The summed E-state index contributed by atoms with van der Waals surface area (Å²) in [6.45, 7) is 2.59. The first-order valence-electron chi connectivity index (χ1n) is 7.14. The van der Waals surface area contributed by atoms with Gasteiger partial charge in [0.05, 0.1) is 0 Å². The Hall–Kier alpha value is -1.65. The molecule has 1 aromatic heterocycles. The summed E-state index contributed by atoms with van der Waals surface area (Å²) in [6, 6.07) is 10.00. The van der Waals surface area contributed by atoms with Crippen molar-refractivity contribution < 1.29 is 5.11 Å². The SMILES string of the molecule is Cn1ccnc1CCN1CCC(O)(c2ccccc2)C1. The van der Waals surface area contributed by atoms with Gasteiger partial charge in [-0.3, -0.25) is 4.90 Å². The molecule has 20 heavy (non-hydrogen) atoms. The lowest BCUT2D eigenvalue weighted by Crippen LogP contribution is -2.32. The van der Waals surface area contributed by atoms with Gasteiger partial charge in [0.2, 0.25) is 0 Å². The van der Waals surface area contributed by atoms with Crippen molar-refractivity contribution in [1.29, 1.82) is 0 Å². The fourth-order valence-corrected chi connectivity index (χ4v) is 2.94. The van der Waals surface area contributed by atoms with Crippen LogP contribution in [0, 0.1) is 0 Å². The standard InChI is InChI=1S/C16H21N3O/c1-18-12-9-17-15(18)7-10-19-11-8-16(20,13-19)14-5-3-2-4-6-14/h2-6,9,12,20H,7-8,10-11,13H2,1H3. The third kappa shape index (κ3) is 2.62. The van der Waals surface area contributed by atoms with Crippen molar-refractivity contribution in [3.63, 3.8) is 0 Å². The van der Waals surface area contributed by atoms with Crippen molar-refractivity contribution in [2.45, 2.75) is 18.4 Å². The fourth-order valence-electron chi connectivity index (χ4n) is 2.94. The Bertz CT molecular complexity index is 566. The van der Waals surface area contributed by atoms with Crippen LogP contribution in [0.1, 0.15) is 17.8 Å². The minimum atomic E-state index is -0.692. The molecule has 106 valence electrons. The van der Waals surface area contributed by atoms with Crippen LogP contribution in [-0.2, 0) is 19.1 Å². The van der Waals surface area contributed by atoms with Crippen LogP contribution in [0.5, 0.6) is 0 Å². The number of benzene rings is 1. The van der Waals surface area contributed by atoms with E-state index in [1.165, 1.54) is 0 Å². The second-order valence-corrected chi connectivity index (χ2v) is 5.63. The minimum absolute atomic E-state index is 0.692. The molecule has 2 aromatic rings. The van der Waals surface area contributed by atoms with Crippen LogP contribution < -0.4 is 0 Å². The van der Waals surface area contributed by atoms with Crippen LogP contribution in [0.2, 0.25) is 0 Å². The second-order valence-electron chi connectivity index (χ2n) is 5.63. The lowest BCUT2D eigenvalue weighted by atomic mass is 9.93. The van der Waals surface area contributed by atoms with Crippen LogP contribution in [0.4, 0.5) is 0 Å². The number of likely N-dealkylation sites (tertiary alicyclic amines) is 1. The van der Waals surface area contributed by atoms with E-state index in [1.807, 2.05) is 49.8 Å². The Morgan fingerprint density at radius 1 is 1.30 bits per heavy atom. The van der Waals surface area contributed by atoms with Crippen molar-refractivity contribution in [3.05, 3.63) is 54.1 Å². The predicted octanol–water partition coefficient (Wildman–Crippen LogP) is 1.56. The molecule has 0 amide bonds. The van der Waals surface area contributed by atoms with Gasteiger partial charge >= 0.3 is 0 Å². The number of aryl methyl sites for hydroxylation is 1. The largest absolute Gasteiger partial charge is 0.384 e. The summed E-state index contributed by atoms with van der Waals surface area (Å²) in [5, 5.41) is 10.8. The highest BCUT2D eigenvalue weighted by Crippen LogP contribution is 2.31. The quantitative estimate of drug-likeness (QED) is 0.917. The Morgan fingerprint density at radius 3 is 2.80 bits per heavy atom. The highest BCUT2D eigenvalue weighted by molar-refractivity contribution is 5.24. The number of rotatable bonds is 4. The topological polar surface area (TPSA) is 41.3 Å². The van der Waals surface area contributed by atoms with Crippen LogP contribution in [-0.4, -0.2) is 39.2 Å². The molecule has 0 aliphatic carbocycles. The lowest BCUT2D eigenvalue weighted by molar-refractivity contribution is 0.0462. The molecule has 3 rings (SSSR count). The van der Waals surface area contributed by atoms with Gasteiger partial charge in [0, 0.05) is 45.5 Å². The van der Waals surface area contributed by atoms with Gasteiger partial charge in [0.15, 0.2) is 0 Å². The van der Waals surface area contributed by atoms with E-state index in [2.05, 4.69) is 14.5 Å². The number of nitrogens with zero attached hydrogens (tertiary/aromatic N) is 3. The van der Waals surface area contributed by atoms with E-state index in [1.54, 1.807) is 0 Å². The average molecular weight is 271 g/mol. The van der Waals surface area contributed by atoms with Crippen LogP contribution in [0.25, 0.3) is 0 Å². The zero-order valence-corrected chi connectivity index (χ0v) is 11.9. The van der Waals surface area contributed by atoms with Crippen molar-refractivity contribution in [3.8, 4) is 0 Å². The number of hydrogen-bond donors (Lipinski definition) is 1. The predicted molar refractivity (Wildman–Crippen MR) is 78.3 cm³/mol. The maximum absolute atomic E-state index is 10.8. The molecule has 0 bridgehead atoms. The molecule has 0 spiro atoms. The van der Waals surface area contributed by atoms with E-state index in [0.717, 1.165) is 37.3 Å². The molecule has 1 aromatic carbocycles. The molecule has 1 aliphatic heterocycles. The van der Waals surface area contributed by atoms with Crippen molar-refractivity contribution in [1.82, 2.24) is 14.5 Å². The molecule has 4 nitrogen and oxygen atoms in total. The van der Waals surface area contributed by atoms with Gasteiger partial charge in [0.25, 0.3) is 0 Å². The maximum Gasteiger partial charge on any atom is 0.109 e. The number of β-amino-alcohol motifs (C(OH)–C–C–N with tert-alkyl or cyclic N) is 1. The summed E-state index contributed by atoms with van der Waals surface area (Å²) in [5.74, 6) is 1.10. The van der Waals surface area contributed by atoms with E-state index in [-0.39, 0.29) is 0 Å². The first-order chi connectivity index (χ1) is 9.67. The second kappa shape index (κ2) is 5.38. The smallest absolute Gasteiger partial charge is 0.109 e. The minimum Gasteiger partial charge on any atom is -0.384 e. The van der Waals surface area contributed by atoms with Gasteiger partial charge in [-0.25, -0.2) is 4.98 Å². The van der Waals surface area contributed by atoms with E-state index in [0.29, 0.717) is 6.54 Å². The van der Waals surface area contributed by atoms with Crippen LogP contribution >= 0.6 is 0 Å². The monoisotopic (exact) mass is 271 g/mol. The Kier molecular flexibility index (Phi) is 3.59. The normalized spacial score (nSPS) is 23.3. The summed E-state index contributed by atoms with van der Waals surface area (Å²) in [4.78, 5) is 6.67. The van der Waals surface area contributed by atoms with Gasteiger partial charge in [-0.2, -0.15) is 0 Å². The molecule has 1 N–H and O–H groups in total. The molecule has 1 fully saturated rings. The van der Waals surface area contributed by atoms with Gasteiger partial charge in [0.1, 0.15) is 11.4 Å². The molecule has 1 aliphatic rings. The summed E-state index contributed by atoms with van der Waals surface area (Å²) in [5.41, 5.74) is 0.336. The molecular formula is C16H21N3O. The molecule has 0 saturated carbocycles. The molecule has 2 heterocycles. The summed E-state index contributed by atoms with van der Waals surface area (Å²) in [6.07, 6.45) is 5.53. The Morgan fingerprint density at radius 2 is 2.10 bits per heavy atom. The maximum atomic E-state index is 10.8. The zero-order chi connectivity index (χ0) is 14.0.